The Bertz CT molecular complexity index is 2450. The van der Waals surface area contributed by atoms with Crippen LogP contribution in [-0.4, -0.2) is 260 Å². The molecule has 27 heteroatoms. The molecule has 0 bridgehead atoms. The van der Waals surface area contributed by atoms with Gasteiger partial charge in [0.05, 0.1) is 19.6 Å². The van der Waals surface area contributed by atoms with Crippen LogP contribution in [0, 0.1) is 0 Å². The molecule has 480 valence electrons. The Morgan fingerprint density at radius 2 is 1.02 bits per heavy atom. The summed E-state index contributed by atoms with van der Waals surface area (Å²) in [5.74, 6) is -4.80. The molecule has 5 rings (SSSR count). The van der Waals surface area contributed by atoms with Gasteiger partial charge in [0.1, 0.15) is 17.9 Å². The van der Waals surface area contributed by atoms with Gasteiger partial charge in [-0.05, 0) is 88.4 Å². The number of carboxylic acids is 6. The maximum atomic E-state index is 12.4. The minimum Gasteiger partial charge on any atom is -0.481 e. The fourth-order valence-electron chi connectivity index (χ4n) is 11.2. The number of nitrogens with one attached hydrogen (secondary N) is 3. The molecule has 3 atom stereocenters. The predicted octanol–water partition coefficient (Wildman–Crippen LogP) is 2.85. The second-order valence-corrected chi connectivity index (χ2v) is 22.9. The van der Waals surface area contributed by atoms with Crippen LogP contribution >= 0.6 is 0 Å². The molecule has 0 spiro atoms. The van der Waals surface area contributed by atoms with E-state index in [4.69, 9.17) is 20.1 Å². The summed E-state index contributed by atoms with van der Waals surface area (Å²) in [5.41, 5.74) is 2.07. The predicted molar refractivity (Wildman–Crippen MR) is 321 cm³/mol. The van der Waals surface area contributed by atoms with Gasteiger partial charge in [0.15, 0.2) is 0 Å². The molecule has 0 radical (unpaired) electrons. The lowest BCUT2D eigenvalue weighted by atomic mass is 10.0. The number of aromatic nitrogens is 3. The van der Waals surface area contributed by atoms with Crippen LogP contribution in [0.4, 0.5) is 16.7 Å². The quantitative estimate of drug-likeness (QED) is 0.0443. The van der Waals surface area contributed by atoms with E-state index < -0.39 is 60.4 Å². The van der Waals surface area contributed by atoms with Crippen LogP contribution < -0.4 is 25.8 Å². The van der Waals surface area contributed by atoms with E-state index in [-0.39, 0.29) is 44.4 Å². The van der Waals surface area contributed by atoms with Gasteiger partial charge in [0.2, 0.25) is 17.8 Å². The highest BCUT2D eigenvalue weighted by atomic mass is 16.4. The molecular weight excluding hydrogens is 1110 g/mol. The standard InChI is InChI=1S/C59H95N13O14/c1-2-66-28-29-68(41-52(76)77)30-31-69(42-53(78)79)34-37-72(43-54(80)81)46(40-66)38-44-18-20-45(21-19-44)39-49-63-57(70-26-14-9-15-27-70)65-58(64-49)71-35-32-67(33-36-71)25-13-8-6-4-3-5-7-10-17-50(73)60-24-12-11-16-47(55(82)83)61-59(86)62-48(56(84)85)22-23-51(74)75/h18-21,46-48H,2-17,22-43H2,1H3,(H,60,73)(H,74,75)(H,76,77)(H,78,79)(H,80,81)(H,82,83)(H,84,85)(H2,61,62,86)/t46?,47-,48-/m0/s1. The SMILES string of the molecule is CCN1CCN(CC(=O)O)CCN(CC(=O)O)CCN(CC(=O)O)C(Cc2ccc(Cc3nc(N4CCCCC4)nc(N4CCN(CCCCCCCCCCC(=O)NCCCC[C@H](NC(=O)N[C@@H](CCC(=O)O)C(=O)O)C(=O)O)CC4)n3)cc2)C1. The zero-order valence-electron chi connectivity index (χ0n) is 50.3. The van der Waals surface area contributed by atoms with E-state index in [0.717, 1.165) is 127 Å². The lowest BCUT2D eigenvalue weighted by molar-refractivity contribution is -0.141. The molecule has 9 N–H and O–H groups in total. The first-order valence-electron chi connectivity index (χ1n) is 31.0. The molecule has 27 nitrogen and oxygen atoms in total. The summed E-state index contributed by atoms with van der Waals surface area (Å²) in [6.07, 6.45) is 13.4. The number of likely N-dealkylation sites (N-methyl/N-ethyl adjacent to an activating group) is 1. The average Bonchev–Trinajstić information content (AvgIpc) is 1.79. The van der Waals surface area contributed by atoms with Crippen molar-refractivity contribution in [3.8, 4) is 0 Å². The van der Waals surface area contributed by atoms with E-state index in [1.807, 2.05) is 16.7 Å². The summed E-state index contributed by atoms with van der Waals surface area (Å²) in [5, 5.41) is 64.1. The number of carbonyl (C=O) groups is 8. The number of benzene rings is 1. The first kappa shape index (κ1) is 70.0. The number of piperazine rings is 1. The number of nitrogens with zero attached hydrogens (tertiary/aromatic N) is 10. The lowest BCUT2D eigenvalue weighted by Crippen LogP contribution is -2.52. The first-order valence-corrected chi connectivity index (χ1v) is 31.0. The van der Waals surface area contributed by atoms with Crippen LogP contribution in [0.25, 0.3) is 0 Å². The van der Waals surface area contributed by atoms with E-state index in [1.165, 1.54) is 6.42 Å². The number of aliphatic carboxylic acids is 6. The van der Waals surface area contributed by atoms with Gasteiger partial charge in [-0.25, -0.2) is 14.4 Å². The second kappa shape index (κ2) is 38.4. The normalized spacial score (nSPS) is 18.0. The van der Waals surface area contributed by atoms with Crippen molar-refractivity contribution in [2.45, 2.75) is 147 Å². The number of piperidine rings is 1. The molecule has 3 fully saturated rings. The van der Waals surface area contributed by atoms with Crippen molar-refractivity contribution in [1.29, 1.82) is 0 Å². The Kier molecular flexibility index (Phi) is 31.2. The van der Waals surface area contributed by atoms with Crippen LogP contribution in [0.1, 0.15) is 133 Å². The van der Waals surface area contributed by atoms with Crippen LogP contribution in [0.3, 0.4) is 0 Å². The minimum absolute atomic E-state index is 0.0603. The number of anilines is 2. The lowest BCUT2D eigenvalue weighted by Gasteiger charge is -2.37. The first-order chi connectivity index (χ1) is 41.3. The molecule has 4 heterocycles. The molecular formula is C59H95N13O14. The second-order valence-electron chi connectivity index (χ2n) is 22.9. The van der Waals surface area contributed by atoms with Gasteiger partial charge in [0, 0.05) is 117 Å². The number of carboxylic acid groups (broad SMARTS) is 6. The van der Waals surface area contributed by atoms with Gasteiger partial charge in [-0.3, -0.25) is 43.6 Å². The highest BCUT2D eigenvalue weighted by molar-refractivity contribution is 5.86. The van der Waals surface area contributed by atoms with Crippen LogP contribution in [0.15, 0.2) is 24.3 Å². The third-order valence-electron chi connectivity index (χ3n) is 16.2. The topological polar surface area (TPSA) is 355 Å². The van der Waals surface area contributed by atoms with Gasteiger partial charge in [0.25, 0.3) is 0 Å². The number of urea groups is 1. The third-order valence-corrected chi connectivity index (χ3v) is 16.2. The highest BCUT2D eigenvalue weighted by Gasteiger charge is 2.29. The van der Waals surface area contributed by atoms with Crippen LogP contribution in [0.2, 0.25) is 0 Å². The smallest absolute Gasteiger partial charge is 0.326 e. The number of carbonyl (C=O) groups excluding carboxylic acids is 2. The van der Waals surface area contributed by atoms with Crippen molar-refractivity contribution in [2.24, 2.45) is 0 Å². The van der Waals surface area contributed by atoms with Crippen molar-refractivity contribution in [3.63, 3.8) is 0 Å². The van der Waals surface area contributed by atoms with Gasteiger partial charge in [-0.2, -0.15) is 15.0 Å². The molecule has 0 aliphatic carbocycles. The molecule has 1 aromatic carbocycles. The fraction of sp³-hybridized carbons (Fsp3) is 0.712. The van der Waals surface area contributed by atoms with Crippen LogP contribution in [0.5, 0.6) is 0 Å². The Balaban J connectivity index is 1.02. The number of unbranched alkanes of at least 4 members (excludes halogenated alkanes) is 8. The van der Waals surface area contributed by atoms with Gasteiger partial charge >= 0.3 is 41.8 Å². The van der Waals surface area contributed by atoms with E-state index in [0.29, 0.717) is 103 Å². The van der Waals surface area contributed by atoms with Gasteiger partial charge in [-0.15, -0.1) is 0 Å². The Morgan fingerprint density at radius 3 is 1.58 bits per heavy atom. The number of amides is 3. The summed E-state index contributed by atoms with van der Waals surface area (Å²) >= 11 is 0. The summed E-state index contributed by atoms with van der Waals surface area (Å²) in [4.78, 5) is 124. The Morgan fingerprint density at radius 1 is 0.512 bits per heavy atom. The molecule has 1 unspecified atom stereocenters. The summed E-state index contributed by atoms with van der Waals surface area (Å²) in [7, 11) is 0. The highest BCUT2D eigenvalue weighted by Crippen LogP contribution is 2.23. The summed E-state index contributed by atoms with van der Waals surface area (Å²) in [6, 6.07) is 4.34. The fourth-order valence-corrected chi connectivity index (χ4v) is 11.2. The van der Waals surface area contributed by atoms with Crippen molar-refractivity contribution in [2.75, 3.05) is 134 Å². The summed E-state index contributed by atoms with van der Waals surface area (Å²) < 4.78 is 0. The monoisotopic (exact) mass is 1210 g/mol. The molecule has 3 aliphatic rings. The largest absolute Gasteiger partial charge is 0.481 e. The molecule has 3 aliphatic heterocycles. The molecule has 2 aromatic rings. The maximum Gasteiger partial charge on any atom is 0.326 e. The zero-order valence-corrected chi connectivity index (χ0v) is 50.3. The zero-order chi connectivity index (χ0) is 62.2. The number of rotatable bonds is 36. The van der Waals surface area contributed by atoms with E-state index in [2.05, 4.69) is 59.8 Å². The van der Waals surface area contributed by atoms with Gasteiger partial charge < -0.3 is 61.3 Å². The molecule has 3 saturated heterocycles. The van der Waals surface area contributed by atoms with E-state index in [1.54, 1.807) is 4.90 Å². The molecule has 0 saturated carbocycles. The van der Waals surface area contributed by atoms with Crippen molar-refractivity contribution >= 4 is 59.7 Å². The minimum atomic E-state index is -1.48. The van der Waals surface area contributed by atoms with Crippen molar-refractivity contribution in [3.05, 3.63) is 41.2 Å². The third kappa shape index (κ3) is 27.3. The number of hydrogen-bond donors (Lipinski definition) is 9. The number of hydrogen-bond acceptors (Lipinski definition) is 18. The molecule has 1 aromatic heterocycles. The summed E-state index contributed by atoms with van der Waals surface area (Å²) in [6.45, 7) is 11.8. The Hall–Kier alpha value is -6.81. The van der Waals surface area contributed by atoms with Crippen LogP contribution in [-0.2, 0) is 46.4 Å². The van der Waals surface area contributed by atoms with Crippen molar-refractivity contribution in [1.82, 2.24) is 55.4 Å². The van der Waals surface area contributed by atoms with E-state index in [9.17, 15) is 63.9 Å². The van der Waals surface area contributed by atoms with E-state index >= 15 is 0 Å². The average molecular weight is 1210 g/mol. The molecule has 86 heavy (non-hydrogen) atoms. The molecule has 3 amide bonds. The Labute approximate surface area is 504 Å². The maximum absolute atomic E-state index is 12.4. The van der Waals surface area contributed by atoms with Crippen molar-refractivity contribution < 1.29 is 69.0 Å². The van der Waals surface area contributed by atoms with Gasteiger partial charge in [-0.1, -0.05) is 69.7 Å².